The summed E-state index contributed by atoms with van der Waals surface area (Å²) in [6, 6.07) is 8.62. The Morgan fingerprint density at radius 2 is 2.19 bits per heavy atom. The van der Waals surface area contributed by atoms with E-state index in [1.807, 2.05) is 18.2 Å². The van der Waals surface area contributed by atoms with Gasteiger partial charge in [0.2, 0.25) is 0 Å². The molecular weight excluding hydrogens is 335 g/mol. The summed E-state index contributed by atoms with van der Waals surface area (Å²) in [5.74, 6) is -0.126. The fourth-order valence-electron chi connectivity index (χ4n) is 2.13. The summed E-state index contributed by atoms with van der Waals surface area (Å²) in [6.45, 7) is 2.91. The van der Waals surface area contributed by atoms with Crippen LogP contribution in [0.25, 0.3) is 0 Å². The smallest absolute Gasteiger partial charge is 0.165 e. The number of nitrogens with zero attached hydrogens (tertiary/aromatic N) is 1. The van der Waals surface area contributed by atoms with Gasteiger partial charge in [0.15, 0.2) is 11.6 Å². The molecule has 1 aromatic heterocycles. The second-order valence-electron chi connectivity index (χ2n) is 4.65. The van der Waals surface area contributed by atoms with Gasteiger partial charge in [-0.05, 0) is 58.7 Å². The Morgan fingerprint density at radius 3 is 2.81 bits per heavy atom. The number of pyridine rings is 1. The van der Waals surface area contributed by atoms with Crippen LogP contribution in [-0.4, -0.2) is 18.6 Å². The van der Waals surface area contributed by atoms with E-state index in [-0.39, 0.29) is 17.6 Å². The van der Waals surface area contributed by atoms with Gasteiger partial charge >= 0.3 is 0 Å². The predicted octanol–water partition coefficient (Wildman–Crippen LogP) is 4.08. The number of nitrogens with one attached hydrogen (secondary N) is 1. The summed E-state index contributed by atoms with van der Waals surface area (Å²) >= 11 is 3.51. The quantitative estimate of drug-likeness (QED) is 0.850. The van der Waals surface area contributed by atoms with Crippen LogP contribution in [0.1, 0.15) is 30.6 Å². The van der Waals surface area contributed by atoms with Crippen LogP contribution >= 0.6 is 15.9 Å². The van der Waals surface area contributed by atoms with E-state index in [1.165, 1.54) is 13.2 Å². The minimum atomic E-state index is -0.370. The van der Waals surface area contributed by atoms with Crippen molar-refractivity contribution in [1.82, 2.24) is 10.3 Å². The van der Waals surface area contributed by atoms with E-state index in [2.05, 4.69) is 33.2 Å². The molecule has 0 radical (unpaired) electrons. The Hall–Kier alpha value is -1.46. The zero-order chi connectivity index (χ0) is 15.2. The molecule has 0 fully saturated rings. The molecule has 1 heterocycles. The van der Waals surface area contributed by atoms with Crippen molar-refractivity contribution in [3.63, 3.8) is 0 Å². The molecular formula is C16H18BrFN2O. The highest BCUT2D eigenvalue weighted by Gasteiger charge is 2.19. The van der Waals surface area contributed by atoms with Crippen LogP contribution in [0.3, 0.4) is 0 Å². The summed E-state index contributed by atoms with van der Waals surface area (Å²) in [4.78, 5) is 4.42. The molecule has 1 atom stereocenters. The number of hydrogen-bond acceptors (Lipinski definition) is 3. The molecule has 1 N–H and O–H groups in total. The van der Waals surface area contributed by atoms with E-state index < -0.39 is 0 Å². The maximum Gasteiger partial charge on any atom is 0.165 e. The second kappa shape index (κ2) is 7.52. The number of benzene rings is 1. The molecule has 1 unspecified atom stereocenters. The fourth-order valence-corrected chi connectivity index (χ4v) is 2.62. The first-order valence-electron chi connectivity index (χ1n) is 6.84. The number of ether oxygens (including phenoxy) is 1. The summed E-state index contributed by atoms with van der Waals surface area (Å²) in [5.41, 5.74) is 1.66. The van der Waals surface area contributed by atoms with E-state index in [1.54, 1.807) is 12.3 Å². The van der Waals surface area contributed by atoms with Gasteiger partial charge in [-0.3, -0.25) is 4.98 Å². The van der Waals surface area contributed by atoms with Gasteiger partial charge in [-0.25, -0.2) is 4.39 Å². The Labute approximate surface area is 132 Å². The van der Waals surface area contributed by atoms with Crippen molar-refractivity contribution in [2.75, 3.05) is 13.7 Å². The molecule has 0 spiro atoms. The molecule has 3 nitrogen and oxygen atoms in total. The minimum absolute atomic E-state index is 0.166. The standard InChI is InChI=1S/C16H18BrFN2O/c1-3-8-19-15(16-12(17)5-4-9-20-16)11-6-7-14(21-2)13(18)10-11/h4-7,9-10,15,19H,3,8H2,1-2H3. The summed E-state index contributed by atoms with van der Waals surface area (Å²) < 4.78 is 19.8. The molecule has 0 aliphatic rings. The van der Waals surface area contributed by atoms with Crippen molar-refractivity contribution < 1.29 is 9.13 Å². The fraction of sp³-hybridized carbons (Fsp3) is 0.312. The van der Waals surface area contributed by atoms with E-state index in [0.29, 0.717) is 0 Å². The molecule has 0 saturated heterocycles. The predicted molar refractivity (Wildman–Crippen MR) is 85.0 cm³/mol. The number of hydrogen-bond donors (Lipinski definition) is 1. The van der Waals surface area contributed by atoms with Gasteiger partial charge in [0.1, 0.15) is 0 Å². The molecule has 0 bridgehead atoms. The molecule has 2 aromatic rings. The Morgan fingerprint density at radius 1 is 1.38 bits per heavy atom. The average Bonchev–Trinajstić information content (AvgIpc) is 2.49. The van der Waals surface area contributed by atoms with Crippen LogP contribution < -0.4 is 10.1 Å². The summed E-state index contributed by atoms with van der Waals surface area (Å²) in [7, 11) is 1.46. The highest BCUT2D eigenvalue weighted by Crippen LogP contribution is 2.29. The van der Waals surface area contributed by atoms with Gasteiger partial charge in [-0.2, -0.15) is 0 Å². The van der Waals surface area contributed by atoms with Crippen LogP contribution in [0, 0.1) is 5.82 Å². The van der Waals surface area contributed by atoms with Crippen LogP contribution in [-0.2, 0) is 0 Å². The van der Waals surface area contributed by atoms with Gasteiger partial charge in [-0.15, -0.1) is 0 Å². The third kappa shape index (κ3) is 3.80. The average molecular weight is 353 g/mol. The van der Waals surface area contributed by atoms with Gasteiger partial charge < -0.3 is 10.1 Å². The SMILES string of the molecule is CCCNC(c1ccc(OC)c(F)c1)c1ncccc1Br. The lowest BCUT2D eigenvalue weighted by Gasteiger charge is -2.20. The second-order valence-corrected chi connectivity index (χ2v) is 5.51. The van der Waals surface area contributed by atoms with Crippen molar-refractivity contribution in [3.05, 3.63) is 58.1 Å². The Kier molecular flexibility index (Phi) is 5.70. The lowest BCUT2D eigenvalue weighted by molar-refractivity contribution is 0.385. The number of aromatic nitrogens is 1. The third-order valence-corrected chi connectivity index (χ3v) is 3.84. The van der Waals surface area contributed by atoms with Crippen molar-refractivity contribution in [3.8, 4) is 5.75 Å². The van der Waals surface area contributed by atoms with E-state index in [0.717, 1.165) is 28.7 Å². The molecule has 0 aliphatic heterocycles. The van der Waals surface area contributed by atoms with E-state index >= 15 is 0 Å². The zero-order valence-electron chi connectivity index (χ0n) is 12.1. The largest absolute Gasteiger partial charge is 0.494 e. The molecule has 0 aliphatic carbocycles. The van der Waals surface area contributed by atoms with Crippen LogP contribution in [0.4, 0.5) is 4.39 Å². The molecule has 21 heavy (non-hydrogen) atoms. The molecule has 0 amide bonds. The highest BCUT2D eigenvalue weighted by molar-refractivity contribution is 9.10. The van der Waals surface area contributed by atoms with Gasteiger partial charge in [0, 0.05) is 10.7 Å². The molecule has 2 rings (SSSR count). The molecule has 112 valence electrons. The lowest BCUT2D eigenvalue weighted by Crippen LogP contribution is -2.24. The van der Waals surface area contributed by atoms with E-state index in [9.17, 15) is 4.39 Å². The highest BCUT2D eigenvalue weighted by atomic mass is 79.9. The maximum absolute atomic E-state index is 14.0. The van der Waals surface area contributed by atoms with Gasteiger partial charge in [-0.1, -0.05) is 13.0 Å². The Balaban J connectivity index is 2.40. The molecule has 5 heteroatoms. The number of rotatable bonds is 6. The lowest BCUT2D eigenvalue weighted by atomic mass is 10.0. The molecule has 1 aromatic carbocycles. The minimum Gasteiger partial charge on any atom is -0.494 e. The van der Waals surface area contributed by atoms with E-state index in [4.69, 9.17) is 4.74 Å². The summed E-state index contributed by atoms with van der Waals surface area (Å²) in [6.07, 6.45) is 2.72. The van der Waals surface area contributed by atoms with Crippen LogP contribution in [0.15, 0.2) is 41.0 Å². The zero-order valence-corrected chi connectivity index (χ0v) is 13.7. The Bertz CT molecular complexity index is 607. The summed E-state index contributed by atoms with van der Waals surface area (Å²) in [5, 5.41) is 3.41. The molecule has 0 saturated carbocycles. The number of halogens is 2. The number of methoxy groups -OCH3 is 1. The first kappa shape index (κ1) is 15.9. The first-order chi connectivity index (χ1) is 10.2. The maximum atomic E-state index is 14.0. The van der Waals surface area contributed by atoms with Gasteiger partial charge in [0.05, 0.1) is 18.8 Å². The van der Waals surface area contributed by atoms with Crippen molar-refractivity contribution >= 4 is 15.9 Å². The van der Waals surface area contributed by atoms with Crippen LogP contribution in [0.2, 0.25) is 0 Å². The topological polar surface area (TPSA) is 34.1 Å². The monoisotopic (exact) mass is 352 g/mol. The van der Waals surface area contributed by atoms with Crippen molar-refractivity contribution in [1.29, 1.82) is 0 Å². The van der Waals surface area contributed by atoms with Crippen molar-refractivity contribution in [2.24, 2.45) is 0 Å². The van der Waals surface area contributed by atoms with Crippen LogP contribution in [0.5, 0.6) is 5.75 Å². The van der Waals surface area contributed by atoms with Gasteiger partial charge in [0.25, 0.3) is 0 Å². The normalized spacial score (nSPS) is 12.2. The first-order valence-corrected chi connectivity index (χ1v) is 7.64. The van der Waals surface area contributed by atoms with Crippen molar-refractivity contribution in [2.45, 2.75) is 19.4 Å². The third-order valence-electron chi connectivity index (χ3n) is 3.17.